The molecule has 0 aliphatic carbocycles. The molecule has 1 aliphatic rings. The van der Waals surface area contributed by atoms with Gasteiger partial charge >= 0.3 is 0 Å². The summed E-state index contributed by atoms with van der Waals surface area (Å²) < 4.78 is 0. The second-order valence-electron chi connectivity index (χ2n) is 4.54. The minimum Gasteiger partial charge on any atom is -0.368 e. The lowest BCUT2D eigenvalue weighted by molar-refractivity contribution is 0.533. The largest absolute Gasteiger partial charge is 0.368 e. The Kier molecular flexibility index (Phi) is 3.75. The lowest BCUT2D eigenvalue weighted by Gasteiger charge is -2.37. The smallest absolute Gasteiger partial charge is 0.0410 e. The summed E-state index contributed by atoms with van der Waals surface area (Å²) in [6.07, 6.45) is 4.87. The quantitative estimate of drug-likeness (QED) is 0.759. The van der Waals surface area contributed by atoms with E-state index in [9.17, 15) is 0 Å². The first-order valence-corrected chi connectivity index (χ1v) is 6.69. The predicted octanol–water partition coefficient (Wildman–Crippen LogP) is 4.28. The molecule has 1 aromatic rings. The van der Waals surface area contributed by atoms with Gasteiger partial charge in [-0.15, -0.1) is 0 Å². The Hall–Kier alpha value is -0.690. The van der Waals surface area contributed by atoms with Crippen LogP contribution >= 0.6 is 11.6 Å². The van der Waals surface area contributed by atoms with E-state index in [0.717, 1.165) is 5.02 Å². The van der Waals surface area contributed by atoms with Crippen molar-refractivity contribution in [2.45, 2.75) is 45.6 Å². The summed E-state index contributed by atoms with van der Waals surface area (Å²) in [7, 11) is 0. The molecule has 2 heteroatoms. The fourth-order valence-corrected chi connectivity index (χ4v) is 2.90. The molecule has 16 heavy (non-hydrogen) atoms. The lowest BCUT2D eigenvalue weighted by atomic mass is 9.98. The van der Waals surface area contributed by atoms with Crippen LogP contribution in [-0.4, -0.2) is 12.6 Å². The Labute approximate surface area is 103 Å². The van der Waals surface area contributed by atoms with Gasteiger partial charge in [0.1, 0.15) is 0 Å². The van der Waals surface area contributed by atoms with Gasteiger partial charge < -0.3 is 4.90 Å². The second-order valence-corrected chi connectivity index (χ2v) is 4.98. The van der Waals surface area contributed by atoms with Crippen LogP contribution in [0.25, 0.3) is 0 Å². The van der Waals surface area contributed by atoms with Crippen LogP contribution in [0.2, 0.25) is 5.02 Å². The summed E-state index contributed by atoms with van der Waals surface area (Å²) in [6.45, 7) is 5.75. The van der Waals surface area contributed by atoms with Crippen molar-refractivity contribution in [3.63, 3.8) is 0 Å². The maximum atomic E-state index is 6.05. The van der Waals surface area contributed by atoms with Crippen molar-refractivity contribution in [1.29, 1.82) is 0 Å². The minimum absolute atomic E-state index is 0.681. The number of hydrogen-bond donors (Lipinski definition) is 0. The van der Waals surface area contributed by atoms with E-state index in [1.165, 1.54) is 43.5 Å². The summed E-state index contributed by atoms with van der Waals surface area (Å²) in [5.74, 6) is 0. The topological polar surface area (TPSA) is 3.24 Å². The summed E-state index contributed by atoms with van der Waals surface area (Å²) >= 11 is 6.05. The predicted molar refractivity (Wildman–Crippen MR) is 71.5 cm³/mol. The van der Waals surface area contributed by atoms with Crippen LogP contribution in [0, 0.1) is 0 Å². The van der Waals surface area contributed by atoms with E-state index in [0.29, 0.717) is 6.04 Å². The third-order valence-electron chi connectivity index (χ3n) is 3.58. The third kappa shape index (κ3) is 2.20. The monoisotopic (exact) mass is 237 g/mol. The molecule has 0 unspecified atom stereocenters. The molecular weight excluding hydrogens is 218 g/mol. The van der Waals surface area contributed by atoms with Gasteiger partial charge in [-0.3, -0.25) is 0 Å². The molecule has 0 saturated carbocycles. The standard InChI is InChI=1S/C14H20ClN/c1-3-13(4-2)16-9-5-6-11-10-12(15)7-8-14(11)16/h7-8,10,13H,3-6,9H2,1-2H3. The third-order valence-corrected chi connectivity index (χ3v) is 3.81. The first kappa shape index (κ1) is 11.8. The van der Waals surface area contributed by atoms with E-state index in [1.807, 2.05) is 6.07 Å². The number of fused-ring (bicyclic) bond motifs is 1. The summed E-state index contributed by atoms with van der Waals surface area (Å²) in [4.78, 5) is 2.56. The maximum Gasteiger partial charge on any atom is 0.0410 e. The normalized spacial score (nSPS) is 15.4. The molecule has 0 atom stereocenters. The maximum absolute atomic E-state index is 6.05. The summed E-state index contributed by atoms with van der Waals surface area (Å²) in [6, 6.07) is 7.02. The van der Waals surface area contributed by atoms with Gasteiger partial charge in [-0.1, -0.05) is 25.4 Å². The number of benzene rings is 1. The van der Waals surface area contributed by atoms with Crippen molar-refractivity contribution in [2.75, 3.05) is 11.4 Å². The SMILES string of the molecule is CCC(CC)N1CCCc2cc(Cl)ccc21. The van der Waals surface area contributed by atoms with Crippen LogP contribution in [0.5, 0.6) is 0 Å². The van der Waals surface area contributed by atoms with Gasteiger partial charge in [-0.2, -0.15) is 0 Å². The molecule has 0 saturated heterocycles. The van der Waals surface area contributed by atoms with Crippen molar-refractivity contribution in [3.8, 4) is 0 Å². The van der Waals surface area contributed by atoms with Crippen LogP contribution in [0.4, 0.5) is 5.69 Å². The molecule has 2 rings (SSSR count). The highest BCUT2D eigenvalue weighted by Gasteiger charge is 2.21. The van der Waals surface area contributed by atoms with E-state index in [-0.39, 0.29) is 0 Å². The molecule has 1 nitrogen and oxygen atoms in total. The average Bonchev–Trinajstić information content (AvgIpc) is 2.30. The first-order chi connectivity index (χ1) is 7.76. The first-order valence-electron chi connectivity index (χ1n) is 6.31. The van der Waals surface area contributed by atoms with Gasteiger partial charge in [0.05, 0.1) is 0 Å². The molecule has 88 valence electrons. The Morgan fingerprint density at radius 2 is 2.06 bits per heavy atom. The highest BCUT2D eigenvalue weighted by molar-refractivity contribution is 6.30. The molecule has 0 N–H and O–H groups in total. The zero-order chi connectivity index (χ0) is 11.5. The molecule has 1 aromatic carbocycles. The van der Waals surface area contributed by atoms with Crippen LogP contribution in [0.15, 0.2) is 18.2 Å². The van der Waals surface area contributed by atoms with E-state index in [2.05, 4.69) is 30.9 Å². The van der Waals surface area contributed by atoms with E-state index >= 15 is 0 Å². The van der Waals surface area contributed by atoms with E-state index in [1.54, 1.807) is 0 Å². The van der Waals surface area contributed by atoms with E-state index in [4.69, 9.17) is 11.6 Å². The van der Waals surface area contributed by atoms with Crippen molar-refractivity contribution in [3.05, 3.63) is 28.8 Å². The molecule has 0 radical (unpaired) electrons. The van der Waals surface area contributed by atoms with Gasteiger partial charge in [-0.05, 0) is 49.4 Å². The highest BCUT2D eigenvalue weighted by Crippen LogP contribution is 2.32. The second kappa shape index (κ2) is 5.09. The Bertz CT molecular complexity index is 358. The van der Waals surface area contributed by atoms with Crippen molar-refractivity contribution >= 4 is 17.3 Å². The molecule has 0 fully saturated rings. The molecule has 0 amide bonds. The van der Waals surface area contributed by atoms with Gasteiger partial charge in [0.15, 0.2) is 0 Å². The van der Waals surface area contributed by atoms with Crippen molar-refractivity contribution < 1.29 is 0 Å². The minimum atomic E-state index is 0.681. The number of rotatable bonds is 3. The fraction of sp³-hybridized carbons (Fsp3) is 0.571. The van der Waals surface area contributed by atoms with Crippen LogP contribution < -0.4 is 4.90 Å². The molecule has 0 spiro atoms. The van der Waals surface area contributed by atoms with Gasteiger partial charge in [0.2, 0.25) is 0 Å². The van der Waals surface area contributed by atoms with Crippen molar-refractivity contribution in [1.82, 2.24) is 0 Å². The van der Waals surface area contributed by atoms with Crippen LogP contribution in [0.3, 0.4) is 0 Å². The lowest BCUT2D eigenvalue weighted by Crippen LogP contribution is -2.38. The molecule has 0 aromatic heterocycles. The molecular formula is C14H20ClN. The summed E-state index contributed by atoms with van der Waals surface area (Å²) in [5.41, 5.74) is 2.83. The Morgan fingerprint density at radius 1 is 1.31 bits per heavy atom. The van der Waals surface area contributed by atoms with Crippen molar-refractivity contribution in [2.24, 2.45) is 0 Å². The molecule has 1 aliphatic heterocycles. The number of anilines is 1. The van der Waals surface area contributed by atoms with Gasteiger partial charge in [0, 0.05) is 23.3 Å². The molecule has 1 heterocycles. The van der Waals surface area contributed by atoms with Crippen LogP contribution in [0.1, 0.15) is 38.7 Å². The zero-order valence-electron chi connectivity index (χ0n) is 10.2. The van der Waals surface area contributed by atoms with E-state index < -0.39 is 0 Å². The number of halogens is 1. The number of hydrogen-bond acceptors (Lipinski definition) is 1. The number of aryl methyl sites for hydroxylation is 1. The Morgan fingerprint density at radius 3 is 2.75 bits per heavy atom. The van der Waals surface area contributed by atoms with Gasteiger partial charge in [-0.25, -0.2) is 0 Å². The Balaban J connectivity index is 2.32. The number of nitrogens with zero attached hydrogens (tertiary/aromatic N) is 1. The molecule has 0 bridgehead atoms. The fourth-order valence-electron chi connectivity index (χ4n) is 2.70. The average molecular weight is 238 g/mol. The zero-order valence-corrected chi connectivity index (χ0v) is 10.9. The van der Waals surface area contributed by atoms with Gasteiger partial charge in [0.25, 0.3) is 0 Å². The highest BCUT2D eigenvalue weighted by atomic mass is 35.5. The van der Waals surface area contributed by atoms with Crippen LogP contribution in [-0.2, 0) is 6.42 Å². The summed E-state index contributed by atoms with van der Waals surface area (Å²) in [5, 5.41) is 0.866.